The second kappa shape index (κ2) is 7.26. The molecule has 5 nitrogen and oxygen atoms in total. The fraction of sp³-hybridized carbons (Fsp3) is 0.429. The molecule has 0 bridgehead atoms. The summed E-state index contributed by atoms with van der Waals surface area (Å²) in [5, 5.41) is 3.96. The van der Waals surface area contributed by atoms with Crippen molar-refractivity contribution in [2.75, 3.05) is 4.90 Å². The quantitative estimate of drug-likeness (QED) is 0.919. The lowest BCUT2D eigenvalue weighted by Gasteiger charge is -2.29. The van der Waals surface area contributed by atoms with E-state index < -0.39 is 0 Å². The van der Waals surface area contributed by atoms with E-state index in [1.54, 1.807) is 0 Å². The number of halogens is 1. The minimum atomic E-state index is 0. The van der Waals surface area contributed by atoms with E-state index in [0.29, 0.717) is 24.3 Å². The van der Waals surface area contributed by atoms with E-state index >= 15 is 0 Å². The molecular weight excluding hydrogens is 276 g/mol. The molecule has 1 heterocycles. The first-order chi connectivity index (χ1) is 9.11. The summed E-state index contributed by atoms with van der Waals surface area (Å²) >= 11 is 0. The Labute approximate surface area is 125 Å². The number of hydrogen-bond acceptors (Lipinski definition) is 5. The van der Waals surface area contributed by atoms with Gasteiger partial charge < -0.3 is 15.2 Å². The molecule has 0 aliphatic carbocycles. The molecule has 0 unspecified atom stereocenters. The van der Waals surface area contributed by atoms with Crippen LogP contribution in [0.15, 0.2) is 28.8 Å². The van der Waals surface area contributed by atoms with Crippen molar-refractivity contribution in [3.63, 3.8) is 0 Å². The summed E-state index contributed by atoms with van der Waals surface area (Å²) < 4.78 is 5.05. The number of hydrogen-bond donors (Lipinski definition) is 1. The zero-order valence-corrected chi connectivity index (χ0v) is 12.9. The largest absolute Gasteiger partial charge is 0.361 e. The third-order valence-electron chi connectivity index (χ3n) is 3.04. The van der Waals surface area contributed by atoms with Crippen LogP contribution in [0.3, 0.4) is 0 Å². The molecule has 20 heavy (non-hydrogen) atoms. The SMILES string of the molecule is Cc1ccccc1N(Cc1noc(CN)n1)C(C)C.Cl. The first-order valence-corrected chi connectivity index (χ1v) is 6.45. The molecule has 1 aromatic heterocycles. The third kappa shape index (κ3) is 3.71. The van der Waals surface area contributed by atoms with Gasteiger partial charge in [0.1, 0.15) is 0 Å². The Bertz CT molecular complexity index is 541. The second-order valence-electron chi connectivity index (χ2n) is 4.82. The lowest BCUT2D eigenvalue weighted by molar-refractivity contribution is 0.374. The summed E-state index contributed by atoms with van der Waals surface area (Å²) in [5.41, 5.74) is 7.91. The smallest absolute Gasteiger partial charge is 0.240 e. The van der Waals surface area contributed by atoms with Gasteiger partial charge in [0.2, 0.25) is 5.89 Å². The Morgan fingerprint density at radius 3 is 2.55 bits per heavy atom. The number of para-hydroxylation sites is 1. The minimum absolute atomic E-state index is 0. The van der Waals surface area contributed by atoms with E-state index in [0.717, 1.165) is 0 Å². The molecule has 0 amide bonds. The minimum Gasteiger partial charge on any atom is -0.361 e. The molecule has 6 heteroatoms. The van der Waals surface area contributed by atoms with Crippen molar-refractivity contribution in [1.82, 2.24) is 10.1 Å². The highest BCUT2D eigenvalue weighted by Gasteiger charge is 2.16. The lowest BCUT2D eigenvalue weighted by Crippen LogP contribution is -2.31. The topological polar surface area (TPSA) is 68.2 Å². The maximum atomic E-state index is 5.48. The van der Waals surface area contributed by atoms with Gasteiger partial charge in [-0.3, -0.25) is 0 Å². The Balaban J connectivity index is 0.00000200. The van der Waals surface area contributed by atoms with Crippen LogP contribution in [0.5, 0.6) is 0 Å². The summed E-state index contributed by atoms with van der Waals surface area (Å²) in [4.78, 5) is 6.51. The average Bonchev–Trinajstić information content (AvgIpc) is 2.84. The fourth-order valence-electron chi connectivity index (χ4n) is 2.02. The summed E-state index contributed by atoms with van der Waals surface area (Å²) in [6.07, 6.45) is 0. The van der Waals surface area contributed by atoms with Crippen molar-refractivity contribution in [3.05, 3.63) is 41.5 Å². The molecule has 1 aromatic carbocycles. The predicted molar refractivity (Wildman–Crippen MR) is 81.9 cm³/mol. The lowest BCUT2D eigenvalue weighted by atomic mass is 10.1. The van der Waals surface area contributed by atoms with Gasteiger partial charge in [-0.15, -0.1) is 12.4 Å². The van der Waals surface area contributed by atoms with Crippen LogP contribution in [0.1, 0.15) is 31.1 Å². The number of anilines is 1. The van der Waals surface area contributed by atoms with Crippen molar-refractivity contribution in [2.45, 2.75) is 39.9 Å². The van der Waals surface area contributed by atoms with Crippen LogP contribution in [0.4, 0.5) is 5.69 Å². The Morgan fingerprint density at radius 2 is 2.00 bits per heavy atom. The molecule has 0 atom stereocenters. The van der Waals surface area contributed by atoms with Gasteiger partial charge in [-0.05, 0) is 32.4 Å². The Morgan fingerprint density at radius 1 is 1.30 bits per heavy atom. The van der Waals surface area contributed by atoms with Crippen LogP contribution < -0.4 is 10.6 Å². The fourth-order valence-corrected chi connectivity index (χ4v) is 2.02. The van der Waals surface area contributed by atoms with E-state index in [2.05, 4.69) is 47.9 Å². The molecule has 0 aliphatic heterocycles. The highest BCUT2D eigenvalue weighted by Crippen LogP contribution is 2.23. The molecule has 0 radical (unpaired) electrons. The van der Waals surface area contributed by atoms with Gasteiger partial charge in [0, 0.05) is 11.7 Å². The van der Waals surface area contributed by atoms with E-state index in [1.807, 2.05) is 12.1 Å². The number of nitrogens with two attached hydrogens (primary N) is 1. The molecule has 0 saturated heterocycles. The van der Waals surface area contributed by atoms with Crippen LogP contribution in [0.25, 0.3) is 0 Å². The number of aromatic nitrogens is 2. The maximum absolute atomic E-state index is 5.48. The predicted octanol–water partition coefficient (Wildman–Crippen LogP) is 2.67. The molecule has 2 rings (SSSR count). The van der Waals surface area contributed by atoms with E-state index in [1.165, 1.54) is 11.3 Å². The van der Waals surface area contributed by atoms with Gasteiger partial charge >= 0.3 is 0 Å². The zero-order chi connectivity index (χ0) is 13.8. The monoisotopic (exact) mass is 296 g/mol. The normalized spacial score (nSPS) is 10.4. The van der Waals surface area contributed by atoms with Crippen molar-refractivity contribution >= 4 is 18.1 Å². The Hall–Kier alpha value is -1.59. The van der Waals surface area contributed by atoms with Crippen molar-refractivity contribution in [3.8, 4) is 0 Å². The first-order valence-electron chi connectivity index (χ1n) is 6.45. The maximum Gasteiger partial charge on any atom is 0.240 e. The molecule has 110 valence electrons. The van der Waals surface area contributed by atoms with E-state index in [4.69, 9.17) is 10.3 Å². The summed E-state index contributed by atoms with van der Waals surface area (Å²) in [5.74, 6) is 1.14. The van der Waals surface area contributed by atoms with Gasteiger partial charge in [-0.25, -0.2) is 0 Å². The van der Waals surface area contributed by atoms with Gasteiger partial charge in [0.15, 0.2) is 5.82 Å². The average molecular weight is 297 g/mol. The Kier molecular flexibility index (Phi) is 5.98. The van der Waals surface area contributed by atoms with Gasteiger partial charge in [-0.2, -0.15) is 4.98 Å². The number of rotatable bonds is 5. The molecule has 0 fully saturated rings. The van der Waals surface area contributed by atoms with Crippen LogP contribution in [0, 0.1) is 6.92 Å². The van der Waals surface area contributed by atoms with Crippen molar-refractivity contribution < 1.29 is 4.52 Å². The van der Waals surface area contributed by atoms with Crippen LogP contribution >= 0.6 is 12.4 Å². The van der Waals surface area contributed by atoms with Gasteiger partial charge in [0.25, 0.3) is 0 Å². The molecule has 0 aliphatic rings. The molecule has 2 aromatic rings. The highest BCUT2D eigenvalue weighted by molar-refractivity contribution is 5.85. The van der Waals surface area contributed by atoms with Crippen molar-refractivity contribution in [1.29, 1.82) is 0 Å². The van der Waals surface area contributed by atoms with E-state index in [-0.39, 0.29) is 19.0 Å². The molecule has 0 spiro atoms. The van der Waals surface area contributed by atoms with Crippen molar-refractivity contribution in [2.24, 2.45) is 5.73 Å². The third-order valence-corrected chi connectivity index (χ3v) is 3.04. The second-order valence-corrected chi connectivity index (χ2v) is 4.82. The van der Waals surface area contributed by atoms with Crippen LogP contribution in [-0.4, -0.2) is 16.2 Å². The van der Waals surface area contributed by atoms with Gasteiger partial charge in [0.05, 0.1) is 13.1 Å². The molecular formula is C14H21ClN4O. The van der Waals surface area contributed by atoms with Gasteiger partial charge in [-0.1, -0.05) is 23.4 Å². The number of aryl methyl sites for hydroxylation is 1. The first kappa shape index (κ1) is 16.5. The number of nitrogens with zero attached hydrogens (tertiary/aromatic N) is 3. The summed E-state index contributed by atoms with van der Waals surface area (Å²) in [6, 6.07) is 8.64. The summed E-state index contributed by atoms with van der Waals surface area (Å²) in [6.45, 7) is 7.30. The standard InChI is InChI=1S/C14H20N4O.ClH/c1-10(2)18(12-7-5-4-6-11(12)3)9-13-16-14(8-15)19-17-13;/h4-7,10H,8-9,15H2,1-3H3;1H. The molecule has 0 saturated carbocycles. The van der Waals surface area contributed by atoms with E-state index in [9.17, 15) is 0 Å². The highest BCUT2D eigenvalue weighted by atomic mass is 35.5. The number of benzene rings is 1. The van der Waals surface area contributed by atoms with Crippen LogP contribution in [0.2, 0.25) is 0 Å². The summed E-state index contributed by atoms with van der Waals surface area (Å²) in [7, 11) is 0. The zero-order valence-electron chi connectivity index (χ0n) is 12.0. The molecule has 2 N–H and O–H groups in total. The van der Waals surface area contributed by atoms with Crippen LogP contribution in [-0.2, 0) is 13.1 Å².